The van der Waals surface area contributed by atoms with Crippen LogP contribution in [-0.4, -0.2) is 10.9 Å². The van der Waals surface area contributed by atoms with Gasteiger partial charge in [0.25, 0.3) is 0 Å². The second-order valence-corrected chi connectivity index (χ2v) is 4.77. The number of nitrogens with one attached hydrogen (secondary N) is 2. The van der Waals surface area contributed by atoms with Crippen molar-refractivity contribution in [1.82, 2.24) is 4.98 Å². The Morgan fingerprint density at radius 3 is 2.62 bits per heavy atom. The first-order valence-corrected chi connectivity index (χ1v) is 6.71. The molecule has 0 atom stereocenters. The van der Waals surface area contributed by atoms with Crippen LogP contribution in [0.3, 0.4) is 0 Å². The molecule has 2 N–H and O–H groups in total. The third kappa shape index (κ3) is 3.00. The molecule has 4 heteroatoms. The van der Waals surface area contributed by atoms with Crippen molar-refractivity contribution in [2.45, 2.75) is 6.92 Å². The number of hydrogen-bond donors (Lipinski definition) is 2. The van der Waals surface area contributed by atoms with E-state index in [1.165, 1.54) is 6.92 Å². The van der Waals surface area contributed by atoms with E-state index in [1.807, 2.05) is 54.6 Å². The molecule has 1 amide bonds. The highest BCUT2D eigenvalue weighted by Gasteiger charge is 2.03. The van der Waals surface area contributed by atoms with Crippen LogP contribution in [-0.2, 0) is 4.79 Å². The number of hydrogen-bond acceptors (Lipinski definition) is 3. The summed E-state index contributed by atoms with van der Waals surface area (Å²) >= 11 is 0. The van der Waals surface area contributed by atoms with Gasteiger partial charge in [-0.05, 0) is 30.3 Å². The highest BCUT2D eigenvalue weighted by molar-refractivity contribution is 5.93. The first kappa shape index (κ1) is 13.1. The van der Waals surface area contributed by atoms with E-state index >= 15 is 0 Å². The lowest BCUT2D eigenvalue weighted by molar-refractivity contribution is -0.114. The van der Waals surface area contributed by atoms with E-state index < -0.39 is 0 Å². The number of carbonyl (C=O) groups excluding carboxylic acids is 1. The quantitative estimate of drug-likeness (QED) is 0.762. The summed E-state index contributed by atoms with van der Waals surface area (Å²) in [5.41, 5.74) is 3.53. The smallest absolute Gasteiger partial charge is 0.221 e. The van der Waals surface area contributed by atoms with Gasteiger partial charge in [-0.25, -0.2) is 0 Å². The number of carbonyl (C=O) groups is 1. The minimum atomic E-state index is -0.0843. The van der Waals surface area contributed by atoms with Crippen LogP contribution in [0.25, 0.3) is 10.9 Å². The molecule has 0 aliphatic heterocycles. The molecule has 0 unspecified atom stereocenters. The number of amides is 1. The van der Waals surface area contributed by atoms with Crippen molar-refractivity contribution in [1.29, 1.82) is 0 Å². The van der Waals surface area contributed by atoms with Crippen LogP contribution in [0, 0.1) is 0 Å². The predicted octanol–water partition coefficient (Wildman–Crippen LogP) is 3.94. The Balaban J connectivity index is 1.93. The molecule has 0 saturated carbocycles. The summed E-state index contributed by atoms with van der Waals surface area (Å²) in [4.78, 5) is 15.5. The van der Waals surface area contributed by atoms with Crippen LogP contribution in [0.2, 0.25) is 0 Å². The van der Waals surface area contributed by atoms with E-state index in [0.717, 1.165) is 28.0 Å². The molecule has 2 aromatic carbocycles. The Morgan fingerprint density at radius 2 is 1.76 bits per heavy atom. The van der Waals surface area contributed by atoms with Gasteiger partial charge >= 0.3 is 0 Å². The van der Waals surface area contributed by atoms with Gasteiger partial charge in [-0.2, -0.15) is 0 Å². The van der Waals surface area contributed by atoms with Crippen LogP contribution in [0.15, 0.2) is 60.8 Å². The molecule has 0 saturated heterocycles. The van der Waals surface area contributed by atoms with E-state index in [2.05, 4.69) is 15.6 Å². The SMILES string of the molecule is CC(=O)Nc1cccc(Nc2cccc3cccnc23)c1. The minimum Gasteiger partial charge on any atom is -0.354 e. The molecular weight excluding hydrogens is 262 g/mol. The predicted molar refractivity (Wildman–Crippen MR) is 85.8 cm³/mol. The van der Waals surface area contributed by atoms with E-state index in [0.29, 0.717) is 0 Å². The monoisotopic (exact) mass is 277 g/mol. The fourth-order valence-electron chi connectivity index (χ4n) is 2.24. The zero-order valence-electron chi connectivity index (χ0n) is 11.6. The Bertz CT molecular complexity index is 793. The summed E-state index contributed by atoms with van der Waals surface area (Å²) in [6.07, 6.45) is 1.78. The third-order valence-corrected chi connectivity index (χ3v) is 3.09. The van der Waals surface area contributed by atoms with Gasteiger partial charge in [0.1, 0.15) is 0 Å². The molecule has 3 rings (SSSR count). The number of para-hydroxylation sites is 1. The van der Waals surface area contributed by atoms with Gasteiger partial charge < -0.3 is 10.6 Å². The second kappa shape index (κ2) is 5.63. The fraction of sp³-hybridized carbons (Fsp3) is 0.0588. The first-order chi connectivity index (χ1) is 10.2. The van der Waals surface area contributed by atoms with Crippen LogP contribution < -0.4 is 10.6 Å². The van der Waals surface area contributed by atoms with E-state index in [9.17, 15) is 4.79 Å². The number of benzene rings is 2. The fourth-order valence-corrected chi connectivity index (χ4v) is 2.24. The van der Waals surface area contributed by atoms with Gasteiger partial charge in [0.15, 0.2) is 0 Å². The highest BCUT2D eigenvalue weighted by Crippen LogP contribution is 2.25. The maximum atomic E-state index is 11.1. The largest absolute Gasteiger partial charge is 0.354 e. The lowest BCUT2D eigenvalue weighted by atomic mass is 10.2. The summed E-state index contributed by atoms with van der Waals surface area (Å²) < 4.78 is 0. The molecule has 4 nitrogen and oxygen atoms in total. The number of nitrogens with zero attached hydrogens (tertiary/aromatic N) is 1. The summed E-state index contributed by atoms with van der Waals surface area (Å²) in [6, 6.07) is 17.5. The third-order valence-electron chi connectivity index (χ3n) is 3.09. The molecule has 1 aromatic heterocycles. The maximum absolute atomic E-state index is 11.1. The zero-order valence-corrected chi connectivity index (χ0v) is 11.6. The number of aromatic nitrogens is 1. The van der Waals surface area contributed by atoms with E-state index in [4.69, 9.17) is 0 Å². The highest BCUT2D eigenvalue weighted by atomic mass is 16.1. The standard InChI is InChI=1S/C17H15N3O/c1-12(21)19-14-7-3-8-15(11-14)20-16-9-2-5-13-6-4-10-18-17(13)16/h2-11,20H,1H3,(H,19,21). The van der Waals surface area contributed by atoms with Crippen LogP contribution in [0.5, 0.6) is 0 Å². The summed E-state index contributed by atoms with van der Waals surface area (Å²) in [7, 11) is 0. The van der Waals surface area contributed by atoms with Crippen molar-refractivity contribution in [3.05, 3.63) is 60.8 Å². The molecule has 0 bridgehead atoms. The van der Waals surface area contributed by atoms with E-state index in [1.54, 1.807) is 6.20 Å². The molecule has 21 heavy (non-hydrogen) atoms. The molecule has 104 valence electrons. The first-order valence-electron chi connectivity index (χ1n) is 6.71. The van der Waals surface area contributed by atoms with Gasteiger partial charge in [-0.15, -0.1) is 0 Å². The number of anilines is 3. The Kier molecular flexibility index (Phi) is 3.51. The number of rotatable bonds is 3. The molecule has 0 aliphatic rings. The summed E-state index contributed by atoms with van der Waals surface area (Å²) in [6.45, 7) is 1.49. The number of fused-ring (bicyclic) bond motifs is 1. The topological polar surface area (TPSA) is 54.0 Å². The molecule has 0 fully saturated rings. The Hall–Kier alpha value is -2.88. The van der Waals surface area contributed by atoms with Crippen molar-refractivity contribution < 1.29 is 4.79 Å². The van der Waals surface area contributed by atoms with Gasteiger partial charge in [0.2, 0.25) is 5.91 Å². The van der Waals surface area contributed by atoms with Crippen molar-refractivity contribution in [3.63, 3.8) is 0 Å². The molecule has 3 aromatic rings. The lowest BCUT2D eigenvalue weighted by Crippen LogP contribution is -2.05. The Labute approximate surface area is 122 Å². The van der Waals surface area contributed by atoms with Crippen LogP contribution >= 0.6 is 0 Å². The molecule has 0 aliphatic carbocycles. The minimum absolute atomic E-state index is 0.0843. The molecular formula is C17H15N3O. The molecule has 0 spiro atoms. The Morgan fingerprint density at radius 1 is 1.00 bits per heavy atom. The second-order valence-electron chi connectivity index (χ2n) is 4.77. The van der Waals surface area contributed by atoms with Crippen LogP contribution in [0.4, 0.5) is 17.1 Å². The van der Waals surface area contributed by atoms with Crippen molar-refractivity contribution in [3.8, 4) is 0 Å². The van der Waals surface area contributed by atoms with Crippen molar-refractivity contribution in [2.24, 2.45) is 0 Å². The van der Waals surface area contributed by atoms with Crippen molar-refractivity contribution >= 4 is 33.9 Å². The summed E-state index contributed by atoms with van der Waals surface area (Å²) in [5.74, 6) is -0.0843. The van der Waals surface area contributed by atoms with E-state index in [-0.39, 0.29) is 5.91 Å². The average Bonchev–Trinajstić information content (AvgIpc) is 2.47. The molecule has 1 heterocycles. The lowest BCUT2D eigenvalue weighted by Gasteiger charge is -2.10. The van der Waals surface area contributed by atoms with Gasteiger partial charge in [-0.3, -0.25) is 9.78 Å². The van der Waals surface area contributed by atoms with Gasteiger partial charge in [0.05, 0.1) is 11.2 Å². The van der Waals surface area contributed by atoms with Gasteiger partial charge in [0, 0.05) is 29.9 Å². The van der Waals surface area contributed by atoms with Crippen molar-refractivity contribution in [2.75, 3.05) is 10.6 Å². The van der Waals surface area contributed by atoms with Crippen LogP contribution in [0.1, 0.15) is 6.92 Å². The number of pyridine rings is 1. The summed E-state index contributed by atoms with van der Waals surface area (Å²) in [5, 5.41) is 7.20. The molecule has 0 radical (unpaired) electrons. The normalized spacial score (nSPS) is 10.3. The zero-order chi connectivity index (χ0) is 14.7. The maximum Gasteiger partial charge on any atom is 0.221 e. The average molecular weight is 277 g/mol. The van der Waals surface area contributed by atoms with Gasteiger partial charge in [-0.1, -0.05) is 24.3 Å².